The normalized spacial score (nSPS) is 10.9. The second-order valence-corrected chi connectivity index (χ2v) is 6.03. The monoisotopic (exact) mass is 353 g/mol. The number of carbonyl (C=O) groups is 1. The predicted octanol–water partition coefficient (Wildman–Crippen LogP) is 2.09. The van der Waals surface area contributed by atoms with Crippen molar-refractivity contribution in [1.29, 1.82) is 0 Å². The van der Waals surface area contributed by atoms with Gasteiger partial charge in [0.05, 0.1) is 19.0 Å². The molecule has 1 N–H and O–H groups in total. The molecule has 132 valence electrons. The number of ether oxygens (including phenoxy) is 2. The van der Waals surface area contributed by atoms with Gasteiger partial charge in [-0.2, -0.15) is 0 Å². The Morgan fingerprint density at radius 3 is 3.00 bits per heavy atom. The summed E-state index contributed by atoms with van der Waals surface area (Å²) in [6.45, 7) is 2.29. The highest BCUT2D eigenvalue weighted by molar-refractivity contribution is 7.98. The van der Waals surface area contributed by atoms with Crippen LogP contribution in [0.25, 0.3) is 0 Å². The maximum absolute atomic E-state index is 12.0. The van der Waals surface area contributed by atoms with E-state index in [9.17, 15) is 4.79 Å². The molecule has 2 heterocycles. The van der Waals surface area contributed by atoms with E-state index in [0.717, 1.165) is 17.3 Å². The summed E-state index contributed by atoms with van der Waals surface area (Å²) >= 11 is 1.56. The summed E-state index contributed by atoms with van der Waals surface area (Å²) in [7, 11) is 3.57. The molecule has 2 aromatic rings. The summed E-state index contributed by atoms with van der Waals surface area (Å²) in [5.41, 5.74) is 0. The third-order valence-corrected chi connectivity index (χ3v) is 4.27. The second-order valence-electron chi connectivity index (χ2n) is 5.09. The van der Waals surface area contributed by atoms with Crippen molar-refractivity contribution in [3.8, 4) is 0 Å². The molecule has 0 aromatic carbocycles. The van der Waals surface area contributed by atoms with Crippen molar-refractivity contribution in [2.24, 2.45) is 7.05 Å². The Morgan fingerprint density at radius 1 is 1.38 bits per heavy atom. The van der Waals surface area contributed by atoms with Gasteiger partial charge in [-0.05, 0) is 18.6 Å². The van der Waals surface area contributed by atoms with E-state index in [1.54, 1.807) is 31.1 Å². The summed E-state index contributed by atoms with van der Waals surface area (Å²) < 4.78 is 17.7. The van der Waals surface area contributed by atoms with Crippen LogP contribution in [0.15, 0.2) is 34.1 Å². The summed E-state index contributed by atoms with van der Waals surface area (Å²) in [5, 5.41) is 3.72. The van der Waals surface area contributed by atoms with Crippen molar-refractivity contribution < 1.29 is 18.7 Å². The van der Waals surface area contributed by atoms with Gasteiger partial charge in [-0.15, -0.1) is 0 Å². The number of carbonyl (C=O) groups excluding carboxylic acids is 1. The molecular weight excluding hydrogens is 330 g/mol. The molecule has 0 aliphatic heterocycles. The van der Waals surface area contributed by atoms with Gasteiger partial charge in [0.15, 0.2) is 10.9 Å². The van der Waals surface area contributed by atoms with Crippen LogP contribution in [0.3, 0.4) is 0 Å². The van der Waals surface area contributed by atoms with Crippen molar-refractivity contribution in [2.75, 3.05) is 33.5 Å². The fraction of sp³-hybridized carbons (Fsp3) is 0.500. The highest BCUT2D eigenvalue weighted by atomic mass is 32.2. The maximum atomic E-state index is 12.0. The summed E-state index contributed by atoms with van der Waals surface area (Å²) in [4.78, 5) is 16.2. The first-order valence-electron chi connectivity index (χ1n) is 7.74. The molecule has 0 radical (unpaired) electrons. The van der Waals surface area contributed by atoms with Gasteiger partial charge in [0.25, 0.3) is 5.91 Å². The first kappa shape index (κ1) is 18.6. The minimum absolute atomic E-state index is 0.208. The number of nitrogens with zero attached hydrogens (tertiary/aromatic N) is 2. The zero-order valence-electron chi connectivity index (χ0n) is 14.0. The zero-order valence-corrected chi connectivity index (χ0v) is 14.8. The molecule has 0 aliphatic carbocycles. The molecule has 2 aromatic heterocycles. The van der Waals surface area contributed by atoms with E-state index in [2.05, 4.69) is 10.3 Å². The molecule has 1 amide bonds. The topological polar surface area (TPSA) is 78.5 Å². The van der Waals surface area contributed by atoms with E-state index < -0.39 is 0 Å². The number of methoxy groups -OCH3 is 1. The number of rotatable bonds is 11. The van der Waals surface area contributed by atoms with Crippen LogP contribution in [0.5, 0.6) is 0 Å². The first-order valence-corrected chi connectivity index (χ1v) is 8.73. The molecule has 0 aliphatic rings. The highest BCUT2D eigenvalue weighted by Crippen LogP contribution is 2.21. The molecule has 0 fully saturated rings. The zero-order chi connectivity index (χ0) is 17.2. The average Bonchev–Trinajstić information content (AvgIpc) is 3.21. The third kappa shape index (κ3) is 6.03. The van der Waals surface area contributed by atoms with Crippen LogP contribution in [-0.4, -0.2) is 48.9 Å². The van der Waals surface area contributed by atoms with Crippen molar-refractivity contribution in [2.45, 2.75) is 17.3 Å². The number of amides is 1. The van der Waals surface area contributed by atoms with Crippen LogP contribution in [0.1, 0.15) is 22.7 Å². The minimum Gasteiger partial charge on any atom is -0.455 e. The maximum Gasteiger partial charge on any atom is 0.286 e. The highest BCUT2D eigenvalue weighted by Gasteiger charge is 2.11. The number of hydrogen-bond donors (Lipinski definition) is 1. The van der Waals surface area contributed by atoms with E-state index >= 15 is 0 Å². The lowest BCUT2D eigenvalue weighted by molar-refractivity contribution is 0.0686. The standard InChI is InChI=1S/C16H23N3O4S/c1-19-8-7-18-16(19)24-12-13-4-5-14(23-13)15(20)17-6-3-9-22-11-10-21-2/h4-5,7-8H,3,6,9-12H2,1-2H3,(H,17,20). The largest absolute Gasteiger partial charge is 0.455 e. The summed E-state index contributed by atoms with van der Waals surface area (Å²) in [6.07, 6.45) is 4.39. The van der Waals surface area contributed by atoms with Gasteiger partial charge in [0, 0.05) is 39.7 Å². The van der Waals surface area contributed by atoms with Crippen LogP contribution in [-0.2, 0) is 22.3 Å². The second kappa shape index (κ2) is 10.2. The lowest BCUT2D eigenvalue weighted by Gasteiger charge is -2.04. The van der Waals surface area contributed by atoms with E-state index in [-0.39, 0.29) is 5.91 Å². The minimum atomic E-state index is -0.208. The van der Waals surface area contributed by atoms with Gasteiger partial charge in [-0.3, -0.25) is 4.79 Å². The smallest absolute Gasteiger partial charge is 0.286 e. The number of hydrogen-bond acceptors (Lipinski definition) is 6. The first-order chi connectivity index (χ1) is 11.7. The number of furan rings is 1. The number of nitrogens with one attached hydrogen (secondary N) is 1. The van der Waals surface area contributed by atoms with E-state index in [0.29, 0.717) is 37.9 Å². The molecule has 24 heavy (non-hydrogen) atoms. The van der Waals surface area contributed by atoms with E-state index in [1.807, 2.05) is 23.9 Å². The molecule has 0 spiro atoms. The van der Waals surface area contributed by atoms with E-state index in [1.165, 1.54) is 0 Å². The third-order valence-electron chi connectivity index (χ3n) is 3.19. The number of aromatic nitrogens is 2. The Kier molecular flexibility index (Phi) is 7.87. The van der Waals surface area contributed by atoms with Gasteiger partial charge < -0.3 is 23.8 Å². The fourth-order valence-electron chi connectivity index (χ4n) is 1.91. The lowest BCUT2D eigenvalue weighted by atomic mass is 10.4. The molecule has 0 saturated carbocycles. The van der Waals surface area contributed by atoms with Gasteiger partial charge in [0.2, 0.25) is 0 Å². The number of imidazole rings is 1. The van der Waals surface area contributed by atoms with Crippen LogP contribution >= 0.6 is 11.8 Å². The molecule has 2 rings (SSSR count). The van der Waals surface area contributed by atoms with Crippen LogP contribution in [0.4, 0.5) is 0 Å². The predicted molar refractivity (Wildman–Crippen MR) is 91.1 cm³/mol. The molecule has 8 heteroatoms. The fourth-order valence-corrected chi connectivity index (χ4v) is 2.74. The Labute approximate surface area is 145 Å². The van der Waals surface area contributed by atoms with Crippen LogP contribution in [0, 0.1) is 0 Å². The molecule has 0 atom stereocenters. The van der Waals surface area contributed by atoms with Crippen molar-refractivity contribution >= 4 is 17.7 Å². The van der Waals surface area contributed by atoms with Crippen LogP contribution < -0.4 is 5.32 Å². The lowest BCUT2D eigenvalue weighted by Crippen LogP contribution is -2.25. The van der Waals surface area contributed by atoms with Gasteiger partial charge in [-0.1, -0.05) is 11.8 Å². The Bertz CT molecular complexity index is 626. The molecule has 7 nitrogen and oxygen atoms in total. The van der Waals surface area contributed by atoms with Crippen LogP contribution in [0.2, 0.25) is 0 Å². The molecule has 0 saturated heterocycles. The van der Waals surface area contributed by atoms with E-state index in [4.69, 9.17) is 13.9 Å². The number of aryl methyl sites for hydroxylation is 1. The molecular formula is C16H23N3O4S. The average molecular weight is 353 g/mol. The number of thioether (sulfide) groups is 1. The Morgan fingerprint density at radius 2 is 2.25 bits per heavy atom. The SMILES string of the molecule is COCCOCCCNC(=O)c1ccc(CSc2nccn2C)o1. The molecule has 0 bridgehead atoms. The quantitative estimate of drug-likeness (QED) is 0.492. The molecule has 0 unspecified atom stereocenters. The van der Waals surface area contributed by atoms with Gasteiger partial charge in [0.1, 0.15) is 5.76 Å². The summed E-state index contributed by atoms with van der Waals surface area (Å²) in [6, 6.07) is 3.51. The van der Waals surface area contributed by atoms with Gasteiger partial charge in [-0.25, -0.2) is 4.98 Å². The van der Waals surface area contributed by atoms with Crippen molar-refractivity contribution in [3.63, 3.8) is 0 Å². The van der Waals surface area contributed by atoms with Crippen molar-refractivity contribution in [3.05, 3.63) is 36.0 Å². The Balaban J connectivity index is 1.66. The summed E-state index contributed by atoms with van der Waals surface area (Å²) in [5.74, 6) is 1.49. The Hall–Kier alpha value is -1.77. The van der Waals surface area contributed by atoms with Crippen molar-refractivity contribution in [1.82, 2.24) is 14.9 Å². The van der Waals surface area contributed by atoms with Gasteiger partial charge >= 0.3 is 0 Å².